The van der Waals surface area contributed by atoms with Crippen molar-refractivity contribution >= 4 is 22.8 Å². The van der Waals surface area contributed by atoms with Gasteiger partial charge in [-0.15, -0.1) is 0 Å². The van der Waals surface area contributed by atoms with Gasteiger partial charge in [0.25, 0.3) is 0 Å². The Morgan fingerprint density at radius 3 is 2.70 bits per heavy atom. The van der Waals surface area contributed by atoms with Crippen LogP contribution in [0.25, 0.3) is 10.9 Å². The molecular formula is C17H23N3O3. The molecule has 0 fully saturated rings. The zero-order valence-corrected chi connectivity index (χ0v) is 13.4. The van der Waals surface area contributed by atoms with E-state index in [4.69, 9.17) is 5.73 Å². The SMILES string of the molecule is CCC(C)[C@H](NC(=O)C(N)Cc1c[nH]c2ccccc12)C(=O)O. The molecule has 0 aliphatic carbocycles. The number of nitrogens with one attached hydrogen (secondary N) is 2. The summed E-state index contributed by atoms with van der Waals surface area (Å²) in [6, 6.07) is 6.06. The van der Waals surface area contributed by atoms with Crippen LogP contribution >= 0.6 is 0 Å². The Kier molecular flexibility index (Phi) is 5.39. The second-order valence-corrected chi connectivity index (χ2v) is 5.88. The molecule has 2 rings (SSSR count). The van der Waals surface area contributed by atoms with Crippen molar-refractivity contribution in [2.24, 2.45) is 11.7 Å². The van der Waals surface area contributed by atoms with Crippen molar-refractivity contribution in [3.8, 4) is 0 Å². The fraction of sp³-hybridized carbons (Fsp3) is 0.412. The van der Waals surface area contributed by atoms with Crippen LogP contribution in [0.4, 0.5) is 0 Å². The molecule has 2 unspecified atom stereocenters. The van der Waals surface area contributed by atoms with Crippen LogP contribution in [0.15, 0.2) is 30.5 Å². The average molecular weight is 317 g/mol. The quantitative estimate of drug-likeness (QED) is 0.622. The second kappa shape index (κ2) is 7.28. The summed E-state index contributed by atoms with van der Waals surface area (Å²) >= 11 is 0. The third-order valence-electron chi connectivity index (χ3n) is 4.23. The van der Waals surface area contributed by atoms with Crippen LogP contribution in [0, 0.1) is 5.92 Å². The van der Waals surface area contributed by atoms with Crippen molar-refractivity contribution in [2.75, 3.05) is 0 Å². The van der Waals surface area contributed by atoms with Gasteiger partial charge < -0.3 is 21.1 Å². The fourth-order valence-corrected chi connectivity index (χ4v) is 2.57. The number of aromatic nitrogens is 1. The Morgan fingerprint density at radius 1 is 1.35 bits per heavy atom. The Hall–Kier alpha value is -2.34. The summed E-state index contributed by atoms with van der Waals surface area (Å²) in [7, 11) is 0. The number of carboxylic acids is 1. The van der Waals surface area contributed by atoms with Crippen LogP contribution in [0.5, 0.6) is 0 Å². The van der Waals surface area contributed by atoms with Gasteiger partial charge in [0.05, 0.1) is 6.04 Å². The third kappa shape index (κ3) is 3.90. The van der Waals surface area contributed by atoms with Gasteiger partial charge in [-0.2, -0.15) is 0 Å². The number of para-hydroxylation sites is 1. The smallest absolute Gasteiger partial charge is 0.326 e. The average Bonchev–Trinajstić information content (AvgIpc) is 2.94. The molecule has 2 aromatic rings. The van der Waals surface area contributed by atoms with Crippen LogP contribution in [0.3, 0.4) is 0 Å². The molecule has 0 saturated heterocycles. The number of H-pyrrole nitrogens is 1. The van der Waals surface area contributed by atoms with Crippen LogP contribution < -0.4 is 11.1 Å². The number of benzene rings is 1. The van der Waals surface area contributed by atoms with Gasteiger partial charge >= 0.3 is 5.97 Å². The number of fused-ring (bicyclic) bond motifs is 1. The summed E-state index contributed by atoms with van der Waals surface area (Å²) < 4.78 is 0. The molecule has 124 valence electrons. The van der Waals surface area contributed by atoms with E-state index in [9.17, 15) is 14.7 Å². The molecule has 1 amide bonds. The molecule has 0 aliphatic heterocycles. The topological polar surface area (TPSA) is 108 Å². The number of aliphatic carboxylic acids is 1. The van der Waals surface area contributed by atoms with E-state index in [1.165, 1.54) is 0 Å². The van der Waals surface area contributed by atoms with E-state index >= 15 is 0 Å². The highest BCUT2D eigenvalue weighted by atomic mass is 16.4. The lowest BCUT2D eigenvalue weighted by atomic mass is 9.98. The van der Waals surface area contributed by atoms with Crippen molar-refractivity contribution < 1.29 is 14.7 Å². The molecule has 0 saturated carbocycles. The highest BCUT2D eigenvalue weighted by molar-refractivity contribution is 5.88. The van der Waals surface area contributed by atoms with Crippen molar-refractivity contribution in [2.45, 2.75) is 38.8 Å². The molecule has 0 aliphatic rings. The van der Waals surface area contributed by atoms with Gasteiger partial charge in [-0.25, -0.2) is 4.79 Å². The number of hydrogen-bond acceptors (Lipinski definition) is 3. The molecule has 3 atom stereocenters. The summed E-state index contributed by atoms with van der Waals surface area (Å²) in [5.41, 5.74) is 7.90. The van der Waals surface area contributed by atoms with Gasteiger partial charge in [0, 0.05) is 17.1 Å². The summed E-state index contributed by atoms with van der Waals surface area (Å²) in [5.74, 6) is -1.63. The molecule has 6 heteroatoms. The fourth-order valence-electron chi connectivity index (χ4n) is 2.57. The number of carboxylic acid groups (broad SMARTS) is 1. The molecular weight excluding hydrogens is 294 g/mol. The van der Waals surface area contributed by atoms with E-state index in [1.54, 1.807) is 6.92 Å². The van der Waals surface area contributed by atoms with Gasteiger partial charge in [-0.05, 0) is 24.0 Å². The van der Waals surface area contributed by atoms with E-state index in [-0.39, 0.29) is 5.92 Å². The zero-order chi connectivity index (χ0) is 17.0. The number of nitrogens with two attached hydrogens (primary N) is 1. The Labute approximate surface area is 135 Å². The minimum atomic E-state index is -1.04. The molecule has 1 heterocycles. The number of carbonyl (C=O) groups is 2. The molecule has 6 nitrogen and oxygen atoms in total. The predicted octanol–water partition coefficient (Wildman–Crippen LogP) is 1.65. The highest BCUT2D eigenvalue weighted by Crippen LogP contribution is 2.19. The Bertz CT molecular complexity index is 695. The number of aromatic amines is 1. The monoisotopic (exact) mass is 317 g/mol. The maximum Gasteiger partial charge on any atom is 0.326 e. The zero-order valence-electron chi connectivity index (χ0n) is 13.4. The van der Waals surface area contributed by atoms with Crippen molar-refractivity contribution in [1.82, 2.24) is 10.3 Å². The molecule has 23 heavy (non-hydrogen) atoms. The normalized spacial score (nSPS) is 15.1. The number of hydrogen-bond donors (Lipinski definition) is 4. The highest BCUT2D eigenvalue weighted by Gasteiger charge is 2.27. The lowest BCUT2D eigenvalue weighted by Crippen LogP contribution is -2.51. The van der Waals surface area contributed by atoms with Crippen LogP contribution in [-0.4, -0.2) is 34.1 Å². The Balaban J connectivity index is 2.06. The first-order chi connectivity index (χ1) is 10.9. The first-order valence-electron chi connectivity index (χ1n) is 7.77. The number of amides is 1. The molecule has 5 N–H and O–H groups in total. The lowest BCUT2D eigenvalue weighted by molar-refractivity contribution is -0.143. The van der Waals surface area contributed by atoms with E-state index in [1.807, 2.05) is 37.4 Å². The van der Waals surface area contributed by atoms with Crippen LogP contribution in [0.2, 0.25) is 0 Å². The van der Waals surface area contributed by atoms with Crippen molar-refractivity contribution in [3.05, 3.63) is 36.0 Å². The number of rotatable bonds is 7. The third-order valence-corrected chi connectivity index (χ3v) is 4.23. The van der Waals surface area contributed by atoms with Gasteiger partial charge in [0.15, 0.2) is 0 Å². The first kappa shape index (κ1) is 17.0. The molecule has 1 aromatic heterocycles. The summed E-state index contributed by atoms with van der Waals surface area (Å²) in [4.78, 5) is 26.7. The van der Waals surface area contributed by atoms with Crippen LogP contribution in [0.1, 0.15) is 25.8 Å². The minimum absolute atomic E-state index is 0.156. The summed E-state index contributed by atoms with van der Waals surface area (Å²) in [6.07, 6.45) is 2.85. The summed E-state index contributed by atoms with van der Waals surface area (Å²) in [6.45, 7) is 3.68. The summed E-state index contributed by atoms with van der Waals surface area (Å²) in [5, 5.41) is 12.8. The van der Waals surface area contributed by atoms with E-state index < -0.39 is 24.0 Å². The van der Waals surface area contributed by atoms with Crippen molar-refractivity contribution in [1.29, 1.82) is 0 Å². The first-order valence-corrected chi connectivity index (χ1v) is 7.77. The van der Waals surface area contributed by atoms with Crippen LogP contribution in [-0.2, 0) is 16.0 Å². The minimum Gasteiger partial charge on any atom is -0.480 e. The molecule has 0 spiro atoms. The van der Waals surface area contributed by atoms with Gasteiger partial charge in [-0.1, -0.05) is 38.5 Å². The molecule has 0 radical (unpaired) electrons. The Morgan fingerprint density at radius 2 is 2.04 bits per heavy atom. The molecule has 1 aromatic carbocycles. The standard InChI is InChI=1S/C17H23N3O3/c1-3-10(2)15(17(22)23)20-16(21)13(18)8-11-9-19-14-7-5-4-6-12(11)14/h4-7,9-10,13,15,19H,3,8,18H2,1-2H3,(H,20,21)(H,22,23)/t10?,13?,15-/m0/s1. The van der Waals surface area contributed by atoms with Gasteiger partial charge in [-0.3, -0.25) is 4.79 Å². The van der Waals surface area contributed by atoms with E-state index in [2.05, 4.69) is 10.3 Å². The molecule has 0 bridgehead atoms. The van der Waals surface area contributed by atoms with E-state index in [0.29, 0.717) is 12.8 Å². The lowest BCUT2D eigenvalue weighted by Gasteiger charge is -2.22. The maximum atomic E-state index is 12.2. The van der Waals surface area contributed by atoms with Gasteiger partial charge in [0.2, 0.25) is 5.91 Å². The maximum absolute atomic E-state index is 12.2. The number of carbonyl (C=O) groups excluding carboxylic acids is 1. The largest absolute Gasteiger partial charge is 0.480 e. The second-order valence-electron chi connectivity index (χ2n) is 5.88. The predicted molar refractivity (Wildman–Crippen MR) is 89.0 cm³/mol. The van der Waals surface area contributed by atoms with Gasteiger partial charge in [0.1, 0.15) is 6.04 Å². The van der Waals surface area contributed by atoms with E-state index in [0.717, 1.165) is 16.5 Å². The van der Waals surface area contributed by atoms with Crippen molar-refractivity contribution in [3.63, 3.8) is 0 Å².